The lowest BCUT2D eigenvalue weighted by Crippen LogP contribution is -2.32. The molecule has 3 heterocycles. The number of nitrogens with one attached hydrogen (secondary N) is 1. The van der Waals surface area contributed by atoms with Gasteiger partial charge in [-0.2, -0.15) is 0 Å². The van der Waals surface area contributed by atoms with E-state index in [1.807, 2.05) is 36.9 Å². The van der Waals surface area contributed by atoms with Gasteiger partial charge in [-0.1, -0.05) is 0 Å². The van der Waals surface area contributed by atoms with Gasteiger partial charge in [-0.05, 0) is 38.3 Å². The minimum atomic E-state index is -0.0562. The zero-order valence-electron chi connectivity index (χ0n) is 14.7. The third-order valence-corrected chi connectivity index (χ3v) is 5.12. The molecule has 2 aromatic heterocycles. The molecule has 132 valence electrons. The van der Waals surface area contributed by atoms with Crippen molar-refractivity contribution in [2.45, 2.75) is 38.2 Å². The van der Waals surface area contributed by atoms with Crippen LogP contribution in [0.3, 0.4) is 0 Å². The first-order chi connectivity index (χ1) is 12.1. The quantitative estimate of drug-likeness (QED) is 0.908. The summed E-state index contributed by atoms with van der Waals surface area (Å²) in [6, 6.07) is 3.82. The van der Waals surface area contributed by atoms with Crippen molar-refractivity contribution in [3.63, 3.8) is 0 Å². The second kappa shape index (κ2) is 6.59. The van der Waals surface area contributed by atoms with Crippen molar-refractivity contribution in [2.75, 3.05) is 13.2 Å². The van der Waals surface area contributed by atoms with Crippen molar-refractivity contribution in [3.8, 4) is 0 Å². The van der Waals surface area contributed by atoms with Crippen LogP contribution in [0.1, 0.15) is 58.9 Å². The molecule has 4 rings (SSSR count). The number of aromatic nitrogens is 3. The highest BCUT2D eigenvalue weighted by atomic mass is 16.5. The molecule has 1 saturated heterocycles. The first-order valence-corrected chi connectivity index (χ1v) is 8.98. The van der Waals surface area contributed by atoms with Gasteiger partial charge >= 0.3 is 0 Å². The van der Waals surface area contributed by atoms with E-state index in [0.29, 0.717) is 19.1 Å². The maximum Gasteiger partial charge on any atom is 0.253 e. The number of ether oxygens (including phenoxy) is 1. The highest BCUT2D eigenvalue weighted by molar-refractivity contribution is 5.95. The number of pyridine rings is 1. The minimum Gasteiger partial charge on any atom is -0.370 e. The summed E-state index contributed by atoms with van der Waals surface area (Å²) in [6.45, 7) is 3.27. The Hall–Kier alpha value is -2.21. The molecule has 0 aromatic carbocycles. The predicted octanol–water partition coefficient (Wildman–Crippen LogP) is 2.51. The Morgan fingerprint density at radius 3 is 2.92 bits per heavy atom. The van der Waals surface area contributed by atoms with Gasteiger partial charge in [-0.25, -0.2) is 4.98 Å². The molecule has 1 saturated carbocycles. The van der Waals surface area contributed by atoms with E-state index >= 15 is 0 Å². The van der Waals surface area contributed by atoms with Gasteiger partial charge in [0.1, 0.15) is 11.9 Å². The second-order valence-electron chi connectivity index (χ2n) is 7.11. The van der Waals surface area contributed by atoms with Crippen LogP contribution in [0.5, 0.6) is 0 Å². The largest absolute Gasteiger partial charge is 0.370 e. The molecule has 2 aromatic rings. The van der Waals surface area contributed by atoms with E-state index in [1.165, 1.54) is 0 Å². The lowest BCUT2D eigenvalue weighted by atomic mass is 10.0. The summed E-state index contributed by atoms with van der Waals surface area (Å²) in [5.41, 5.74) is 2.65. The van der Waals surface area contributed by atoms with E-state index in [2.05, 4.69) is 15.3 Å². The van der Waals surface area contributed by atoms with Gasteiger partial charge in [0.25, 0.3) is 5.91 Å². The molecule has 1 amide bonds. The Bertz CT molecular complexity index is 781. The molecule has 25 heavy (non-hydrogen) atoms. The monoisotopic (exact) mass is 340 g/mol. The number of imidazole rings is 1. The Kier molecular flexibility index (Phi) is 4.29. The minimum absolute atomic E-state index is 0.0279. The van der Waals surface area contributed by atoms with Crippen LogP contribution >= 0.6 is 0 Å². The highest BCUT2D eigenvalue weighted by Gasteiger charge is 2.33. The average Bonchev–Trinajstić information content (AvgIpc) is 3.21. The van der Waals surface area contributed by atoms with E-state index in [0.717, 1.165) is 42.0 Å². The lowest BCUT2D eigenvalue weighted by molar-refractivity contribution is 0.0779. The van der Waals surface area contributed by atoms with Gasteiger partial charge in [0.2, 0.25) is 0 Å². The molecule has 2 fully saturated rings. The first kappa shape index (κ1) is 16.3. The predicted molar refractivity (Wildman–Crippen MR) is 93.3 cm³/mol. The average molecular weight is 340 g/mol. The smallest absolute Gasteiger partial charge is 0.253 e. The maximum atomic E-state index is 12.7. The number of aryl methyl sites for hydroxylation is 2. The van der Waals surface area contributed by atoms with Crippen molar-refractivity contribution >= 4 is 5.91 Å². The Balaban J connectivity index is 1.44. The second-order valence-corrected chi connectivity index (χ2v) is 7.11. The van der Waals surface area contributed by atoms with Crippen LogP contribution in [-0.2, 0) is 11.8 Å². The number of rotatable bonds is 5. The van der Waals surface area contributed by atoms with Gasteiger partial charge < -0.3 is 14.6 Å². The standard InChI is InChI=1S/C19H24N4O2/c1-12-3-6-15(16(22-12)13-4-5-13)19(24)21-11-14-7-10-25-17(14)18-20-8-9-23(18)2/h3,6,8-9,13-14,17H,4-5,7,10-11H2,1-2H3,(H,21,24)/t14-,17+/m0/s1. The number of carbonyl (C=O) groups is 1. The van der Waals surface area contributed by atoms with E-state index in [9.17, 15) is 4.79 Å². The summed E-state index contributed by atoms with van der Waals surface area (Å²) in [6.07, 6.45) is 6.85. The number of hydrogen-bond donors (Lipinski definition) is 1. The maximum absolute atomic E-state index is 12.7. The fourth-order valence-electron chi connectivity index (χ4n) is 3.54. The Morgan fingerprint density at radius 1 is 1.36 bits per heavy atom. The van der Waals surface area contributed by atoms with E-state index in [-0.39, 0.29) is 17.9 Å². The molecule has 0 bridgehead atoms. The van der Waals surface area contributed by atoms with Gasteiger partial charge in [0.05, 0.1) is 11.3 Å². The van der Waals surface area contributed by atoms with Crippen LogP contribution in [-0.4, -0.2) is 33.6 Å². The van der Waals surface area contributed by atoms with Crippen LogP contribution in [0.2, 0.25) is 0 Å². The van der Waals surface area contributed by atoms with E-state index in [4.69, 9.17) is 4.74 Å². The topological polar surface area (TPSA) is 69.0 Å². The van der Waals surface area contributed by atoms with Crippen LogP contribution in [0.15, 0.2) is 24.5 Å². The van der Waals surface area contributed by atoms with Crippen molar-refractivity contribution in [2.24, 2.45) is 13.0 Å². The van der Waals surface area contributed by atoms with Crippen LogP contribution in [0, 0.1) is 12.8 Å². The molecule has 1 aliphatic carbocycles. The normalized spacial score (nSPS) is 23.0. The number of amides is 1. The summed E-state index contributed by atoms with van der Waals surface area (Å²) < 4.78 is 7.86. The molecule has 0 spiro atoms. The zero-order chi connectivity index (χ0) is 17.4. The summed E-state index contributed by atoms with van der Waals surface area (Å²) in [5, 5.41) is 3.10. The summed E-state index contributed by atoms with van der Waals surface area (Å²) >= 11 is 0. The fraction of sp³-hybridized carbons (Fsp3) is 0.526. The third kappa shape index (κ3) is 3.31. The SMILES string of the molecule is Cc1ccc(C(=O)NC[C@@H]2CCO[C@H]2c2nccn2C)c(C2CC2)n1. The number of carbonyl (C=O) groups excluding carboxylic acids is 1. The van der Waals surface area contributed by atoms with Gasteiger partial charge in [0.15, 0.2) is 0 Å². The molecule has 6 heteroatoms. The van der Waals surface area contributed by atoms with Gasteiger partial charge in [0, 0.05) is 50.1 Å². The molecule has 1 aliphatic heterocycles. The molecule has 0 radical (unpaired) electrons. The molecule has 2 atom stereocenters. The summed E-state index contributed by atoms with van der Waals surface area (Å²) in [7, 11) is 1.97. The Morgan fingerprint density at radius 2 is 2.20 bits per heavy atom. The van der Waals surface area contributed by atoms with E-state index in [1.54, 1.807) is 6.20 Å². The molecule has 0 unspecified atom stereocenters. The van der Waals surface area contributed by atoms with Gasteiger partial charge in [-0.15, -0.1) is 0 Å². The van der Waals surface area contributed by atoms with Gasteiger partial charge in [-0.3, -0.25) is 9.78 Å². The molecule has 2 aliphatic rings. The van der Waals surface area contributed by atoms with E-state index < -0.39 is 0 Å². The fourth-order valence-corrected chi connectivity index (χ4v) is 3.54. The highest BCUT2D eigenvalue weighted by Crippen LogP contribution is 2.40. The number of hydrogen-bond acceptors (Lipinski definition) is 4. The van der Waals surface area contributed by atoms with Crippen molar-refractivity contribution in [3.05, 3.63) is 47.3 Å². The van der Waals surface area contributed by atoms with Crippen LogP contribution < -0.4 is 5.32 Å². The van der Waals surface area contributed by atoms with Crippen LogP contribution in [0.25, 0.3) is 0 Å². The zero-order valence-corrected chi connectivity index (χ0v) is 14.7. The van der Waals surface area contributed by atoms with Crippen LogP contribution in [0.4, 0.5) is 0 Å². The van der Waals surface area contributed by atoms with Crippen molar-refractivity contribution in [1.82, 2.24) is 19.9 Å². The molecule has 1 N–H and O–H groups in total. The summed E-state index contributed by atoms with van der Waals surface area (Å²) in [5.74, 6) is 1.59. The Labute approximate surface area is 147 Å². The van der Waals surface area contributed by atoms with Crippen molar-refractivity contribution in [1.29, 1.82) is 0 Å². The third-order valence-electron chi connectivity index (χ3n) is 5.12. The lowest BCUT2D eigenvalue weighted by Gasteiger charge is -2.19. The molecular formula is C19H24N4O2. The first-order valence-electron chi connectivity index (χ1n) is 8.98. The summed E-state index contributed by atoms with van der Waals surface area (Å²) in [4.78, 5) is 21.7. The molecule has 6 nitrogen and oxygen atoms in total. The molecular weight excluding hydrogens is 316 g/mol. The van der Waals surface area contributed by atoms with Crippen molar-refractivity contribution < 1.29 is 9.53 Å². The number of nitrogens with zero attached hydrogens (tertiary/aromatic N) is 3.